The smallest absolute Gasteiger partial charge is 0.0558 e. The SMILES string of the molecule is CCCCCN(CCO)C1CC(C)(C)NC(C)(C)C1. The average molecular weight is 270 g/mol. The second-order valence-electron chi connectivity index (χ2n) is 7.42. The third kappa shape index (κ3) is 5.80. The first-order chi connectivity index (χ1) is 8.79. The largest absolute Gasteiger partial charge is 0.395 e. The predicted molar refractivity (Wildman–Crippen MR) is 82.5 cm³/mol. The number of piperidine rings is 1. The van der Waals surface area contributed by atoms with E-state index in [1.165, 1.54) is 32.1 Å². The van der Waals surface area contributed by atoms with Gasteiger partial charge in [0.1, 0.15) is 0 Å². The highest BCUT2D eigenvalue weighted by Crippen LogP contribution is 2.31. The first-order valence-electron chi connectivity index (χ1n) is 7.94. The Morgan fingerprint density at radius 2 is 1.63 bits per heavy atom. The topological polar surface area (TPSA) is 35.5 Å². The Hall–Kier alpha value is -0.120. The van der Waals surface area contributed by atoms with Crippen molar-refractivity contribution in [1.29, 1.82) is 0 Å². The van der Waals surface area contributed by atoms with Gasteiger partial charge >= 0.3 is 0 Å². The monoisotopic (exact) mass is 270 g/mol. The molecule has 0 bridgehead atoms. The molecule has 0 aromatic heterocycles. The van der Waals surface area contributed by atoms with Crippen LogP contribution in [0.15, 0.2) is 0 Å². The summed E-state index contributed by atoms with van der Waals surface area (Å²) in [5.74, 6) is 0. The number of nitrogens with one attached hydrogen (secondary N) is 1. The molecular weight excluding hydrogens is 236 g/mol. The molecule has 0 aliphatic carbocycles. The number of nitrogens with zero attached hydrogens (tertiary/aromatic N) is 1. The first kappa shape index (κ1) is 16.9. The summed E-state index contributed by atoms with van der Waals surface area (Å²) in [7, 11) is 0. The lowest BCUT2D eigenvalue weighted by atomic mass is 9.79. The predicted octanol–water partition coefficient (Wildman–Crippen LogP) is 2.78. The van der Waals surface area contributed by atoms with Crippen molar-refractivity contribution in [3.05, 3.63) is 0 Å². The van der Waals surface area contributed by atoms with Gasteiger partial charge in [0.2, 0.25) is 0 Å². The molecule has 1 aliphatic heterocycles. The van der Waals surface area contributed by atoms with E-state index in [1.807, 2.05) is 0 Å². The first-order valence-corrected chi connectivity index (χ1v) is 7.94. The standard InChI is InChI=1S/C16H34N2O/c1-6-7-8-9-18(10-11-19)14-12-15(2,3)17-16(4,5)13-14/h14,17,19H,6-13H2,1-5H3. The lowest BCUT2D eigenvalue weighted by Gasteiger charge is -2.49. The van der Waals surface area contributed by atoms with Crippen LogP contribution in [0.5, 0.6) is 0 Å². The van der Waals surface area contributed by atoms with Gasteiger partial charge in [-0.1, -0.05) is 19.8 Å². The zero-order chi connectivity index (χ0) is 14.5. The van der Waals surface area contributed by atoms with Crippen molar-refractivity contribution in [2.24, 2.45) is 0 Å². The molecule has 0 aromatic rings. The fraction of sp³-hybridized carbons (Fsp3) is 1.00. The van der Waals surface area contributed by atoms with Crippen LogP contribution in [0.2, 0.25) is 0 Å². The van der Waals surface area contributed by atoms with Crippen molar-refractivity contribution in [3.63, 3.8) is 0 Å². The zero-order valence-electron chi connectivity index (χ0n) is 13.6. The number of hydrogen-bond donors (Lipinski definition) is 2. The molecule has 0 spiro atoms. The van der Waals surface area contributed by atoms with Crippen molar-refractivity contribution in [2.75, 3.05) is 19.7 Å². The number of hydrogen-bond acceptors (Lipinski definition) is 3. The lowest BCUT2D eigenvalue weighted by Crippen LogP contribution is -2.62. The maximum atomic E-state index is 9.33. The molecule has 1 aliphatic rings. The Labute approximate surface area is 119 Å². The van der Waals surface area contributed by atoms with E-state index in [-0.39, 0.29) is 17.7 Å². The van der Waals surface area contributed by atoms with Crippen LogP contribution in [0.3, 0.4) is 0 Å². The van der Waals surface area contributed by atoms with Crippen LogP contribution in [0.1, 0.15) is 66.7 Å². The van der Waals surface area contributed by atoms with E-state index in [0.717, 1.165) is 13.1 Å². The molecule has 0 saturated carbocycles. The van der Waals surface area contributed by atoms with Gasteiger partial charge in [-0.2, -0.15) is 0 Å². The second-order valence-corrected chi connectivity index (χ2v) is 7.42. The molecule has 0 unspecified atom stereocenters. The second kappa shape index (κ2) is 7.05. The molecule has 1 rings (SSSR count). The highest BCUT2D eigenvalue weighted by Gasteiger charge is 2.39. The number of unbranched alkanes of at least 4 members (excludes halogenated alkanes) is 2. The van der Waals surface area contributed by atoms with Gasteiger partial charge in [0, 0.05) is 23.7 Å². The summed E-state index contributed by atoms with van der Waals surface area (Å²) in [6.45, 7) is 13.7. The quantitative estimate of drug-likeness (QED) is 0.698. The summed E-state index contributed by atoms with van der Waals surface area (Å²) in [6, 6.07) is 0.593. The Balaban J connectivity index is 2.65. The summed E-state index contributed by atoms with van der Waals surface area (Å²) in [5, 5.41) is 13.1. The summed E-state index contributed by atoms with van der Waals surface area (Å²) >= 11 is 0. The van der Waals surface area contributed by atoms with Crippen molar-refractivity contribution in [3.8, 4) is 0 Å². The van der Waals surface area contributed by atoms with Crippen LogP contribution in [0, 0.1) is 0 Å². The molecule has 114 valence electrons. The van der Waals surface area contributed by atoms with Crippen LogP contribution in [0.25, 0.3) is 0 Å². The van der Waals surface area contributed by atoms with Gasteiger partial charge in [-0.25, -0.2) is 0 Å². The van der Waals surface area contributed by atoms with Gasteiger partial charge in [0.15, 0.2) is 0 Å². The minimum Gasteiger partial charge on any atom is -0.395 e. The van der Waals surface area contributed by atoms with E-state index < -0.39 is 0 Å². The Morgan fingerprint density at radius 1 is 1.05 bits per heavy atom. The molecule has 0 aromatic carbocycles. The minimum atomic E-state index is 0.185. The zero-order valence-corrected chi connectivity index (χ0v) is 13.6. The van der Waals surface area contributed by atoms with Crippen LogP contribution < -0.4 is 5.32 Å². The van der Waals surface area contributed by atoms with Crippen molar-refractivity contribution >= 4 is 0 Å². The summed E-state index contributed by atoms with van der Waals surface area (Å²) in [5.41, 5.74) is 0.371. The fourth-order valence-electron chi connectivity index (χ4n) is 3.70. The van der Waals surface area contributed by atoms with Gasteiger partial charge in [-0.15, -0.1) is 0 Å². The minimum absolute atomic E-state index is 0.185. The summed E-state index contributed by atoms with van der Waals surface area (Å²) in [6.07, 6.45) is 6.14. The van der Waals surface area contributed by atoms with E-state index in [1.54, 1.807) is 0 Å². The summed E-state index contributed by atoms with van der Waals surface area (Å²) in [4.78, 5) is 2.51. The molecule has 19 heavy (non-hydrogen) atoms. The van der Waals surface area contributed by atoms with E-state index >= 15 is 0 Å². The van der Waals surface area contributed by atoms with Crippen LogP contribution >= 0.6 is 0 Å². The molecule has 1 saturated heterocycles. The molecule has 0 radical (unpaired) electrons. The van der Waals surface area contributed by atoms with Gasteiger partial charge in [0.05, 0.1) is 6.61 Å². The van der Waals surface area contributed by atoms with Gasteiger partial charge in [0.25, 0.3) is 0 Å². The van der Waals surface area contributed by atoms with E-state index in [9.17, 15) is 5.11 Å². The molecular formula is C16H34N2O. The van der Waals surface area contributed by atoms with Crippen LogP contribution in [-0.4, -0.2) is 46.8 Å². The maximum absolute atomic E-state index is 9.33. The number of aliphatic hydroxyl groups is 1. The molecule has 1 fully saturated rings. The Morgan fingerprint density at radius 3 is 2.11 bits per heavy atom. The highest BCUT2D eigenvalue weighted by atomic mass is 16.3. The van der Waals surface area contributed by atoms with Crippen molar-refractivity contribution < 1.29 is 5.11 Å². The normalized spacial score (nSPS) is 22.9. The summed E-state index contributed by atoms with van der Waals surface area (Å²) < 4.78 is 0. The van der Waals surface area contributed by atoms with E-state index in [4.69, 9.17) is 0 Å². The Kier molecular flexibility index (Phi) is 6.28. The molecule has 0 amide bonds. The average Bonchev–Trinajstić information content (AvgIpc) is 2.24. The molecule has 0 atom stereocenters. The third-order valence-electron chi connectivity index (χ3n) is 4.12. The fourth-order valence-corrected chi connectivity index (χ4v) is 3.70. The number of rotatable bonds is 7. The lowest BCUT2D eigenvalue weighted by molar-refractivity contribution is 0.0539. The molecule has 2 N–H and O–H groups in total. The Bertz CT molecular complexity index is 247. The molecule has 3 heteroatoms. The van der Waals surface area contributed by atoms with Crippen LogP contribution in [-0.2, 0) is 0 Å². The van der Waals surface area contributed by atoms with E-state index in [0.29, 0.717) is 6.04 Å². The number of aliphatic hydroxyl groups excluding tert-OH is 1. The van der Waals surface area contributed by atoms with Crippen molar-refractivity contribution in [2.45, 2.75) is 83.8 Å². The van der Waals surface area contributed by atoms with E-state index in [2.05, 4.69) is 44.8 Å². The molecule has 1 heterocycles. The third-order valence-corrected chi connectivity index (χ3v) is 4.12. The van der Waals surface area contributed by atoms with Gasteiger partial charge in [-0.3, -0.25) is 4.90 Å². The maximum Gasteiger partial charge on any atom is 0.0558 e. The van der Waals surface area contributed by atoms with Gasteiger partial charge < -0.3 is 10.4 Å². The molecule has 3 nitrogen and oxygen atoms in total. The van der Waals surface area contributed by atoms with Gasteiger partial charge in [-0.05, 0) is 53.5 Å². The van der Waals surface area contributed by atoms with Crippen LogP contribution in [0.4, 0.5) is 0 Å². The highest BCUT2D eigenvalue weighted by molar-refractivity contribution is 5.00. The van der Waals surface area contributed by atoms with Crippen molar-refractivity contribution in [1.82, 2.24) is 10.2 Å².